The number of nitrogens with one attached hydrogen (secondary N) is 1. The van der Waals surface area contributed by atoms with Gasteiger partial charge in [0.25, 0.3) is 0 Å². The molecule has 1 unspecified atom stereocenters. The first-order chi connectivity index (χ1) is 11.3. The minimum Gasteiger partial charge on any atom is -0.491 e. The van der Waals surface area contributed by atoms with Crippen LogP contribution in [0.25, 0.3) is 0 Å². The normalized spacial score (nSPS) is 11.2. The van der Waals surface area contributed by atoms with Crippen LogP contribution in [0.4, 0.5) is 0 Å². The lowest BCUT2D eigenvalue weighted by Gasteiger charge is -2.13. The van der Waals surface area contributed by atoms with Crippen LogP contribution in [0.5, 0.6) is 5.75 Å². The van der Waals surface area contributed by atoms with Crippen LogP contribution < -0.4 is 15.8 Å². The third-order valence-corrected chi connectivity index (χ3v) is 3.22. The molecule has 130 valence electrons. The van der Waals surface area contributed by atoms with Gasteiger partial charge in [-0.3, -0.25) is 4.79 Å². The molecule has 0 spiro atoms. The maximum atomic E-state index is 11.7. The molecule has 5 nitrogen and oxygen atoms in total. The van der Waals surface area contributed by atoms with Crippen molar-refractivity contribution in [1.82, 2.24) is 5.32 Å². The lowest BCUT2D eigenvalue weighted by molar-refractivity contribution is -0.125. The SMILES string of the molecule is Cl.NC(CNC(=O)COCCOc1ccccc1)c1ccccc1. The van der Waals surface area contributed by atoms with Gasteiger partial charge in [-0.25, -0.2) is 0 Å². The molecule has 3 N–H and O–H groups in total. The number of hydrogen-bond donors (Lipinski definition) is 2. The van der Waals surface area contributed by atoms with Crippen LogP contribution in [0.2, 0.25) is 0 Å². The highest BCUT2D eigenvalue weighted by atomic mass is 35.5. The molecule has 0 fully saturated rings. The monoisotopic (exact) mass is 350 g/mol. The Kier molecular flexibility index (Phi) is 9.53. The molecule has 1 amide bonds. The van der Waals surface area contributed by atoms with Crippen molar-refractivity contribution in [3.63, 3.8) is 0 Å². The lowest BCUT2D eigenvalue weighted by atomic mass is 10.1. The molecule has 2 rings (SSSR count). The molecule has 1 atom stereocenters. The van der Waals surface area contributed by atoms with Gasteiger partial charge in [0.2, 0.25) is 5.91 Å². The second-order valence-electron chi connectivity index (χ2n) is 5.04. The van der Waals surface area contributed by atoms with Gasteiger partial charge in [0.05, 0.1) is 6.61 Å². The lowest BCUT2D eigenvalue weighted by Crippen LogP contribution is -2.34. The Hall–Kier alpha value is -2.08. The molecule has 2 aromatic rings. The van der Waals surface area contributed by atoms with E-state index in [1.54, 1.807) is 0 Å². The number of carbonyl (C=O) groups is 1. The Morgan fingerprint density at radius 1 is 1.00 bits per heavy atom. The molecule has 0 aliphatic rings. The van der Waals surface area contributed by atoms with Crippen molar-refractivity contribution in [2.24, 2.45) is 5.73 Å². The third-order valence-electron chi connectivity index (χ3n) is 3.22. The summed E-state index contributed by atoms with van der Waals surface area (Å²) in [6, 6.07) is 18.9. The summed E-state index contributed by atoms with van der Waals surface area (Å²) in [5.41, 5.74) is 7.00. The molecule has 0 bridgehead atoms. The Labute approximate surface area is 148 Å². The Morgan fingerprint density at radius 3 is 2.29 bits per heavy atom. The highest BCUT2D eigenvalue weighted by Gasteiger charge is 2.07. The number of ether oxygens (including phenoxy) is 2. The molecule has 0 aliphatic heterocycles. The van der Waals surface area contributed by atoms with Gasteiger partial charge < -0.3 is 20.5 Å². The zero-order valence-electron chi connectivity index (χ0n) is 13.4. The van der Waals surface area contributed by atoms with Crippen LogP contribution in [0.3, 0.4) is 0 Å². The summed E-state index contributed by atoms with van der Waals surface area (Å²) in [4.78, 5) is 11.7. The minimum atomic E-state index is -0.221. The summed E-state index contributed by atoms with van der Waals surface area (Å²) in [5.74, 6) is 0.602. The minimum absolute atomic E-state index is 0. The predicted molar refractivity (Wildman–Crippen MR) is 96.4 cm³/mol. The number of benzene rings is 2. The summed E-state index contributed by atoms with van der Waals surface area (Å²) in [5, 5.41) is 2.76. The molecule has 0 radical (unpaired) electrons. The van der Waals surface area contributed by atoms with E-state index in [2.05, 4.69) is 5.32 Å². The van der Waals surface area contributed by atoms with Gasteiger partial charge in [-0.1, -0.05) is 48.5 Å². The summed E-state index contributed by atoms with van der Waals surface area (Å²) >= 11 is 0. The molecule has 0 heterocycles. The average Bonchev–Trinajstić information content (AvgIpc) is 2.61. The molecule has 2 aromatic carbocycles. The summed E-state index contributed by atoms with van der Waals surface area (Å²) in [6.07, 6.45) is 0. The van der Waals surface area contributed by atoms with Gasteiger partial charge in [-0.15, -0.1) is 12.4 Å². The van der Waals surface area contributed by atoms with Crippen LogP contribution in [0.15, 0.2) is 60.7 Å². The van der Waals surface area contributed by atoms with Crippen molar-refractivity contribution in [3.8, 4) is 5.75 Å². The Bertz CT molecular complexity index is 581. The number of carbonyl (C=O) groups excluding carboxylic acids is 1. The number of rotatable bonds is 9. The van der Waals surface area contributed by atoms with Crippen LogP contribution in [-0.4, -0.2) is 32.3 Å². The van der Waals surface area contributed by atoms with E-state index < -0.39 is 0 Å². The van der Waals surface area contributed by atoms with Gasteiger partial charge in [0.15, 0.2) is 0 Å². The van der Waals surface area contributed by atoms with E-state index in [9.17, 15) is 4.79 Å². The Morgan fingerprint density at radius 2 is 1.62 bits per heavy atom. The quantitative estimate of drug-likeness (QED) is 0.681. The van der Waals surface area contributed by atoms with E-state index in [0.717, 1.165) is 11.3 Å². The van der Waals surface area contributed by atoms with E-state index in [-0.39, 0.29) is 31.0 Å². The van der Waals surface area contributed by atoms with E-state index in [1.807, 2.05) is 60.7 Å². The van der Waals surface area contributed by atoms with Gasteiger partial charge in [0.1, 0.15) is 19.0 Å². The zero-order valence-corrected chi connectivity index (χ0v) is 14.2. The van der Waals surface area contributed by atoms with Gasteiger partial charge in [-0.05, 0) is 17.7 Å². The van der Waals surface area contributed by atoms with E-state index in [1.165, 1.54) is 0 Å². The first kappa shape index (κ1) is 20.0. The van der Waals surface area contributed by atoms with Gasteiger partial charge in [-0.2, -0.15) is 0 Å². The smallest absolute Gasteiger partial charge is 0.246 e. The maximum absolute atomic E-state index is 11.7. The first-order valence-electron chi connectivity index (χ1n) is 7.58. The fourth-order valence-electron chi connectivity index (χ4n) is 1.99. The third kappa shape index (κ3) is 7.46. The number of para-hydroxylation sites is 1. The topological polar surface area (TPSA) is 73.6 Å². The molecule has 0 aliphatic carbocycles. The van der Waals surface area contributed by atoms with E-state index in [4.69, 9.17) is 15.2 Å². The van der Waals surface area contributed by atoms with Gasteiger partial charge in [0, 0.05) is 12.6 Å². The molecular weight excluding hydrogens is 328 g/mol. The van der Waals surface area contributed by atoms with Crippen molar-refractivity contribution in [1.29, 1.82) is 0 Å². The van der Waals surface area contributed by atoms with Gasteiger partial charge >= 0.3 is 0 Å². The number of amides is 1. The second kappa shape index (κ2) is 11.5. The summed E-state index contributed by atoms with van der Waals surface area (Å²) in [6.45, 7) is 1.14. The predicted octanol–water partition coefficient (Wildman–Crippen LogP) is 2.32. The summed E-state index contributed by atoms with van der Waals surface area (Å²) < 4.78 is 10.7. The number of nitrogens with two attached hydrogens (primary N) is 1. The Balaban J connectivity index is 0.00000288. The van der Waals surface area contributed by atoms with Crippen LogP contribution >= 0.6 is 12.4 Å². The second-order valence-corrected chi connectivity index (χ2v) is 5.04. The van der Waals surface area contributed by atoms with Crippen LogP contribution in [0.1, 0.15) is 11.6 Å². The van der Waals surface area contributed by atoms with E-state index in [0.29, 0.717) is 19.8 Å². The van der Waals surface area contributed by atoms with Crippen molar-refractivity contribution >= 4 is 18.3 Å². The number of hydrogen-bond acceptors (Lipinski definition) is 4. The molecule has 6 heteroatoms. The van der Waals surface area contributed by atoms with Crippen molar-refractivity contribution in [3.05, 3.63) is 66.2 Å². The average molecular weight is 351 g/mol. The summed E-state index contributed by atoms with van der Waals surface area (Å²) in [7, 11) is 0. The largest absolute Gasteiger partial charge is 0.491 e. The van der Waals surface area contributed by atoms with Crippen LogP contribution in [0, 0.1) is 0 Å². The molecule has 0 aromatic heterocycles. The number of halogens is 1. The molecule has 0 saturated carbocycles. The van der Waals surface area contributed by atoms with Crippen molar-refractivity contribution in [2.45, 2.75) is 6.04 Å². The van der Waals surface area contributed by atoms with E-state index >= 15 is 0 Å². The van der Waals surface area contributed by atoms with Crippen molar-refractivity contribution in [2.75, 3.05) is 26.4 Å². The molecule has 24 heavy (non-hydrogen) atoms. The zero-order chi connectivity index (χ0) is 16.3. The first-order valence-corrected chi connectivity index (χ1v) is 7.58. The fraction of sp³-hybridized carbons (Fsp3) is 0.278. The fourth-order valence-corrected chi connectivity index (χ4v) is 1.99. The molecule has 0 saturated heterocycles. The highest BCUT2D eigenvalue weighted by molar-refractivity contribution is 5.85. The van der Waals surface area contributed by atoms with Crippen LogP contribution in [-0.2, 0) is 9.53 Å². The standard InChI is InChI=1S/C18H22N2O3.ClH/c19-17(15-7-3-1-4-8-15)13-20-18(21)14-22-11-12-23-16-9-5-2-6-10-16;/h1-10,17H,11-14,19H2,(H,20,21);1H. The maximum Gasteiger partial charge on any atom is 0.246 e. The van der Waals surface area contributed by atoms with Crippen molar-refractivity contribution < 1.29 is 14.3 Å². The highest BCUT2D eigenvalue weighted by Crippen LogP contribution is 2.08. The molecular formula is C18H23ClN2O3.